The molecule has 0 unspecified atom stereocenters. The van der Waals surface area contributed by atoms with Crippen molar-refractivity contribution < 1.29 is 19.1 Å². The van der Waals surface area contributed by atoms with Gasteiger partial charge in [0.2, 0.25) is 18.4 Å². The Kier molecular flexibility index (Phi) is 6.40. The van der Waals surface area contributed by atoms with Crippen molar-refractivity contribution >= 4 is 17.3 Å². The lowest BCUT2D eigenvalue weighted by Crippen LogP contribution is -2.37. The first-order chi connectivity index (χ1) is 14.7. The first-order valence-electron chi connectivity index (χ1n) is 9.86. The fraction of sp³-hybridized carbons (Fsp3) is 0.474. The monoisotopic (exact) mass is 416 g/mol. The Bertz CT molecular complexity index is 890. The van der Waals surface area contributed by atoms with Gasteiger partial charge in [0.15, 0.2) is 11.5 Å². The highest BCUT2D eigenvalue weighted by atomic mass is 16.7. The van der Waals surface area contributed by atoms with Gasteiger partial charge in [-0.1, -0.05) is 6.07 Å². The average molecular weight is 416 g/mol. The third kappa shape index (κ3) is 4.86. The van der Waals surface area contributed by atoms with Gasteiger partial charge >= 0.3 is 5.69 Å². The Morgan fingerprint density at radius 2 is 1.87 bits per heavy atom. The van der Waals surface area contributed by atoms with Crippen molar-refractivity contribution in [3.63, 3.8) is 0 Å². The van der Waals surface area contributed by atoms with Gasteiger partial charge in [0.1, 0.15) is 6.33 Å². The molecule has 160 valence electrons. The molecule has 1 saturated heterocycles. The van der Waals surface area contributed by atoms with Crippen LogP contribution >= 0.6 is 0 Å². The first kappa shape index (κ1) is 20.1. The number of rotatable bonds is 9. The van der Waals surface area contributed by atoms with Gasteiger partial charge in [-0.15, -0.1) is 0 Å². The molecule has 2 aliphatic heterocycles. The summed E-state index contributed by atoms with van der Waals surface area (Å²) in [6, 6.07) is 5.53. The summed E-state index contributed by atoms with van der Waals surface area (Å²) < 4.78 is 16.0. The van der Waals surface area contributed by atoms with Crippen LogP contribution in [0.4, 0.5) is 17.3 Å². The highest BCUT2D eigenvalue weighted by Crippen LogP contribution is 2.33. The third-order valence-corrected chi connectivity index (χ3v) is 4.95. The number of hydrogen-bond donors (Lipinski definition) is 2. The third-order valence-electron chi connectivity index (χ3n) is 4.95. The lowest BCUT2D eigenvalue weighted by Gasteiger charge is -2.26. The van der Waals surface area contributed by atoms with E-state index in [0.717, 1.165) is 44.8 Å². The predicted molar refractivity (Wildman–Crippen MR) is 109 cm³/mol. The molecule has 2 N–H and O–H groups in total. The highest BCUT2D eigenvalue weighted by Gasteiger charge is 2.23. The number of nitrogens with one attached hydrogen (secondary N) is 2. The molecule has 11 nitrogen and oxygen atoms in total. The first-order valence-corrected chi connectivity index (χ1v) is 9.86. The second kappa shape index (κ2) is 9.55. The molecule has 0 amide bonds. The van der Waals surface area contributed by atoms with Gasteiger partial charge in [0.25, 0.3) is 0 Å². The van der Waals surface area contributed by atoms with Crippen LogP contribution in [0.5, 0.6) is 11.5 Å². The van der Waals surface area contributed by atoms with Crippen molar-refractivity contribution in [2.24, 2.45) is 0 Å². The van der Waals surface area contributed by atoms with E-state index in [4.69, 9.17) is 14.2 Å². The number of aromatic nitrogens is 2. The number of nitrogens with zero attached hydrogens (tertiary/aromatic N) is 4. The molecule has 1 aromatic heterocycles. The van der Waals surface area contributed by atoms with Crippen molar-refractivity contribution in [2.45, 2.75) is 13.0 Å². The van der Waals surface area contributed by atoms with E-state index in [0.29, 0.717) is 24.6 Å². The van der Waals surface area contributed by atoms with E-state index in [1.807, 2.05) is 18.2 Å². The molecule has 3 heterocycles. The van der Waals surface area contributed by atoms with Crippen LogP contribution < -0.4 is 20.1 Å². The number of ether oxygens (including phenoxy) is 3. The Morgan fingerprint density at radius 1 is 1.10 bits per heavy atom. The quantitative estimate of drug-likeness (QED) is 0.355. The van der Waals surface area contributed by atoms with E-state index in [9.17, 15) is 10.1 Å². The van der Waals surface area contributed by atoms with Gasteiger partial charge in [-0.05, 0) is 30.7 Å². The van der Waals surface area contributed by atoms with E-state index >= 15 is 0 Å². The number of fused-ring (bicyclic) bond motifs is 1. The molecule has 0 aliphatic carbocycles. The Morgan fingerprint density at radius 3 is 2.67 bits per heavy atom. The lowest BCUT2D eigenvalue weighted by atomic mass is 10.2. The van der Waals surface area contributed by atoms with Gasteiger partial charge in [-0.25, -0.2) is 9.97 Å². The molecule has 0 spiro atoms. The average Bonchev–Trinajstić information content (AvgIpc) is 3.24. The minimum absolute atomic E-state index is 0.162. The van der Waals surface area contributed by atoms with Crippen molar-refractivity contribution in [1.29, 1.82) is 0 Å². The van der Waals surface area contributed by atoms with Crippen LogP contribution in [0.15, 0.2) is 24.5 Å². The maximum Gasteiger partial charge on any atom is 0.353 e. The summed E-state index contributed by atoms with van der Waals surface area (Å²) in [5.41, 5.74) is 0.733. The van der Waals surface area contributed by atoms with Crippen LogP contribution in [0.2, 0.25) is 0 Å². The Hall–Kier alpha value is -3.18. The summed E-state index contributed by atoms with van der Waals surface area (Å²) in [6.45, 7) is 5.38. The second-order valence-corrected chi connectivity index (χ2v) is 6.95. The van der Waals surface area contributed by atoms with E-state index in [-0.39, 0.29) is 24.1 Å². The zero-order valence-electron chi connectivity index (χ0n) is 16.5. The highest BCUT2D eigenvalue weighted by molar-refractivity contribution is 5.69. The van der Waals surface area contributed by atoms with Gasteiger partial charge in [0, 0.05) is 26.2 Å². The summed E-state index contributed by atoms with van der Waals surface area (Å²) >= 11 is 0. The van der Waals surface area contributed by atoms with Crippen LogP contribution in [-0.2, 0) is 11.3 Å². The maximum atomic E-state index is 11.7. The molecular formula is C19H24N6O5. The molecule has 2 aliphatic rings. The summed E-state index contributed by atoms with van der Waals surface area (Å²) in [6.07, 6.45) is 2.17. The summed E-state index contributed by atoms with van der Waals surface area (Å²) in [5.74, 6) is 1.73. The molecule has 0 saturated carbocycles. The van der Waals surface area contributed by atoms with Gasteiger partial charge in [-0.2, -0.15) is 0 Å². The van der Waals surface area contributed by atoms with Crippen molar-refractivity contribution in [1.82, 2.24) is 14.9 Å². The zero-order chi connectivity index (χ0) is 20.8. The van der Waals surface area contributed by atoms with Gasteiger partial charge < -0.3 is 24.8 Å². The minimum Gasteiger partial charge on any atom is -0.454 e. The Labute approximate surface area is 173 Å². The molecule has 2 aromatic rings. The maximum absolute atomic E-state index is 11.7. The van der Waals surface area contributed by atoms with Crippen molar-refractivity contribution in [2.75, 3.05) is 56.8 Å². The van der Waals surface area contributed by atoms with Crippen molar-refractivity contribution in [3.05, 3.63) is 40.2 Å². The molecular weight excluding hydrogens is 392 g/mol. The number of anilines is 2. The molecule has 0 atom stereocenters. The van der Waals surface area contributed by atoms with E-state index < -0.39 is 4.92 Å². The molecule has 1 fully saturated rings. The molecule has 30 heavy (non-hydrogen) atoms. The fourth-order valence-electron chi connectivity index (χ4n) is 3.38. The molecule has 4 rings (SSSR count). The van der Waals surface area contributed by atoms with E-state index in [1.165, 1.54) is 6.33 Å². The largest absolute Gasteiger partial charge is 0.454 e. The Balaban J connectivity index is 1.36. The number of benzene rings is 1. The van der Waals surface area contributed by atoms with Crippen LogP contribution in [-0.4, -0.2) is 66.0 Å². The van der Waals surface area contributed by atoms with E-state index in [2.05, 4.69) is 25.5 Å². The van der Waals surface area contributed by atoms with Gasteiger partial charge in [-0.3, -0.25) is 15.0 Å². The smallest absolute Gasteiger partial charge is 0.353 e. The summed E-state index contributed by atoms with van der Waals surface area (Å²) in [7, 11) is 0. The van der Waals surface area contributed by atoms with Crippen LogP contribution in [0.1, 0.15) is 12.0 Å². The molecule has 11 heteroatoms. The lowest BCUT2D eigenvalue weighted by molar-refractivity contribution is -0.383. The summed E-state index contributed by atoms with van der Waals surface area (Å²) in [5, 5.41) is 17.8. The minimum atomic E-state index is -0.466. The van der Waals surface area contributed by atoms with Crippen LogP contribution in [0.3, 0.4) is 0 Å². The second-order valence-electron chi connectivity index (χ2n) is 6.95. The van der Waals surface area contributed by atoms with E-state index in [1.54, 1.807) is 0 Å². The van der Waals surface area contributed by atoms with Crippen LogP contribution in [0.25, 0.3) is 0 Å². The number of nitro groups is 1. The van der Waals surface area contributed by atoms with Crippen LogP contribution in [0, 0.1) is 10.1 Å². The topological polar surface area (TPSA) is 124 Å². The summed E-state index contributed by atoms with van der Waals surface area (Å²) in [4.78, 5) is 21.7. The molecule has 1 aromatic carbocycles. The molecule has 0 radical (unpaired) electrons. The normalized spacial score (nSPS) is 15.7. The number of morpholine rings is 1. The SMILES string of the molecule is O=[N+]([O-])c1c(NCCCN2CCOCC2)ncnc1NCc1ccc2c(c1)OCO2. The predicted octanol–water partition coefficient (Wildman–Crippen LogP) is 1.86. The van der Waals surface area contributed by atoms with Gasteiger partial charge in [0.05, 0.1) is 18.1 Å². The number of hydrogen-bond acceptors (Lipinski definition) is 10. The van der Waals surface area contributed by atoms with Crippen molar-refractivity contribution in [3.8, 4) is 11.5 Å². The molecule has 0 bridgehead atoms. The zero-order valence-corrected chi connectivity index (χ0v) is 16.5. The standard InChI is InChI=1S/C19H24N6O5/c26-25(27)17-18(20-4-1-5-24-6-8-28-9-7-24)22-12-23-19(17)21-11-14-2-3-15-16(10-14)30-13-29-15/h2-3,10,12H,1,4-9,11,13H2,(H2,20,21,22,23). The fourth-order valence-corrected chi connectivity index (χ4v) is 3.38.